The molecule has 4 rings (SSSR count). The number of carbonyl (C=O) groups excluding carboxylic acids is 1. The third-order valence-corrected chi connectivity index (χ3v) is 5.74. The first-order valence-corrected chi connectivity index (χ1v) is 9.85. The van der Waals surface area contributed by atoms with Crippen LogP contribution in [0.15, 0.2) is 64.2 Å². The summed E-state index contributed by atoms with van der Waals surface area (Å²) in [6, 6.07) is 13.2. The van der Waals surface area contributed by atoms with Crippen molar-refractivity contribution in [1.82, 2.24) is 0 Å². The molecule has 3 aromatic rings. The van der Waals surface area contributed by atoms with Crippen molar-refractivity contribution in [2.75, 3.05) is 0 Å². The highest BCUT2D eigenvalue weighted by Gasteiger charge is 2.34. The summed E-state index contributed by atoms with van der Waals surface area (Å²) in [5.41, 5.74) is 0.674. The van der Waals surface area contributed by atoms with Crippen LogP contribution in [0.4, 0.5) is 11.4 Å². The highest BCUT2D eigenvalue weighted by atomic mass is 79.9. The zero-order valence-electron chi connectivity index (χ0n) is 16.0. The Morgan fingerprint density at radius 1 is 0.969 bits per heavy atom. The van der Waals surface area contributed by atoms with Crippen LogP contribution in [0.25, 0.3) is 11.1 Å². The Labute approximate surface area is 188 Å². The van der Waals surface area contributed by atoms with Gasteiger partial charge in [-0.15, -0.1) is 0 Å². The average molecular weight is 498 g/mol. The molecule has 1 aliphatic carbocycles. The number of carbonyl (C=O) groups is 1. The highest BCUT2D eigenvalue weighted by molar-refractivity contribution is 9.10. The number of esters is 1. The van der Waals surface area contributed by atoms with Gasteiger partial charge >= 0.3 is 5.97 Å². The predicted octanol–water partition coefficient (Wildman–Crippen LogP) is 4.83. The normalized spacial score (nSPS) is 12.8. The van der Waals surface area contributed by atoms with Crippen molar-refractivity contribution in [2.45, 2.75) is 6.61 Å². The maximum atomic E-state index is 13.0. The molecular weight excluding hydrogens is 486 g/mol. The van der Waals surface area contributed by atoms with Gasteiger partial charge in [0.25, 0.3) is 11.4 Å². The van der Waals surface area contributed by atoms with Crippen LogP contribution in [0, 0.1) is 20.2 Å². The monoisotopic (exact) mass is 497 g/mol. The Bertz CT molecular complexity index is 1340. The van der Waals surface area contributed by atoms with Gasteiger partial charge in [-0.3, -0.25) is 20.2 Å². The number of ether oxygens (including phenoxy) is 1. The fraction of sp³-hybridized carbons (Fsp3) is 0.0476. The van der Waals surface area contributed by atoms with Crippen LogP contribution < -0.4 is 0 Å². The number of halogens is 1. The van der Waals surface area contributed by atoms with E-state index in [0.717, 1.165) is 16.6 Å². The molecule has 32 heavy (non-hydrogen) atoms. The number of nitrogens with zero attached hydrogens (tertiary/aromatic N) is 3. The van der Waals surface area contributed by atoms with Gasteiger partial charge in [-0.25, -0.2) is 4.79 Å². The zero-order valence-corrected chi connectivity index (χ0v) is 17.6. The molecule has 0 fully saturated rings. The van der Waals surface area contributed by atoms with Gasteiger partial charge < -0.3 is 9.94 Å². The summed E-state index contributed by atoms with van der Waals surface area (Å²) in [4.78, 5) is 34.3. The Balaban J connectivity index is 1.84. The quantitative estimate of drug-likeness (QED) is 0.180. The maximum Gasteiger partial charge on any atom is 0.339 e. The van der Waals surface area contributed by atoms with Crippen molar-refractivity contribution >= 4 is 39.0 Å². The van der Waals surface area contributed by atoms with Crippen molar-refractivity contribution in [3.05, 3.63) is 102 Å². The number of rotatable bonds is 5. The summed E-state index contributed by atoms with van der Waals surface area (Å²) in [5.74, 6) is -0.829. The summed E-state index contributed by atoms with van der Waals surface area (Å²) in [7, 11) is 0. The van der Waals surface area contributed by atoms with E-state index >= 15 is 0 Å². The Morgan fingerprint density at radius 3 is 2.31 bits per heavy atom. The van der Waals surface area contributed by atoms with E-state index in [2.05, 4.69) is 21.1 Å². The van der Waals surface area contributed by atoms with Gasteiger partial charge in [-0.1, -0.05) is 39.3 Å². The van der Waals surface area contributed by atoms with E-state index < -0.39 is 21.5 Å². The summed E-state index contributed by atoms with van der Waals surface area (Å²) < 4.78 is 6.13. The predicted molar refractivity (Wildman–Crippen MR) is 116 cm³/mol. The van der Waals surface area contributed by atoms with E-state index in [9.17, 15) is 30.2 Å². The minimum Gasteiger partial charge on any atom is -0.457 e. The summed E-state index contributed by atoms with van der Waals surface area (Å²) in [6.45, 7) is -0.0915. The van der Waals surface area contributed by atoms with Crippen LogP contribution in [0.2, 0.25) is 0 Å². The van der Waals surface area contributed by atoms with Gasteiger partial charge in [0, 0.05) is 51.0 Å². The van der Waals surface area contributed by atoms with E-state index in [1.165, 1.54) is 18.2 Å². The van der Waals surface area contributed by atoms with Gasteiger partial charge in [0.2, 0.25) is 0 Å². The topological polar surface area (TPSA) is 145 Å². The molecule has 10 nitrogen and oxygen atoms in total. The molecule has 1 N–H and O–H groups in total. The highest BCUT2D eigenvalue weighted by Crippen LogP contribution is 2.43. The van der Waals surface area contributed by atoms with Gasteiger partial charge in [0.1, 0.15) is 12.3 Å². The number of non-ortho nitro benzene ring substituents is 2. The molecule has 0 amide bonds. The lowest BCUT2D eigenvalue weighted by Gasteiger charge is -2.11. The number of oxime groups is 1. The molecule has 0 radical (unpaired) electrons. The molecule has 160 valence electrons. The van der Waals surface area contributed by atoms with E-state index in [1.807, 2.05) is 0 Å². The van der Waals surface area contributed by atoms with E-state index in [1.54, 1.807) is 24.3 Å². The first kappa shape index (κ1) is 21.1. The molecular formula is C21H12BrN3O7. The van der Waals surface area contributed by atoms with E-state index in [0.29, 0.717) is 11.1 Å². The van der Waals surface area contributed by atoms with Crippen LogP contribution in [-0.2, 0) is 11.3 Å². The molecule has 0 aliphatic heterocycles. The maximum absolute atomic E-state index is 13.0. The first-order chi connectivity index (χ1) is 15.3. The SMILES string of the molecule is O=C(OCc1ccccc1Br)c1cc([N+](=O)[O-])cc2c1-c1ccc([N+](=O)[O-])cc1/C2=N/O. The Morgan fingerprint density at radius 2 is 1.66 bits per heavy atom. The molecule has 0 unspecified atom stereocenters. The van der Waals surface area contributed by atoms with Crippen molar-refractivity contribution in [2.24, 2.45) is 5.16 Å². The minimum atomic E-state index is -0.829. The molecule has 11 heteroatoms. The van der Waals surface area contributed by atoms with Crippen LogP contribution in [0.3, 0.4) is 0 Å². The molecule has 0 saturated heterocycles. The number of benzene rings is 3. The third kappa shape index (κ3) is 3.58. The minimum absolute atomic E-state index is 0.0915. The Kier molecular flexibility index (Phi) is 5.41. The van der Waals surface area contributed by atoms with Crippen molar-refractivity contribution < 1.29 is 24.6 Å². The van der Waals surface area contributed by atoms with Gasteiger partial charge in [0.15, 0.2) is 0 Å². The largest absolute Gasteiger partial charge is 0.457 e. The van der Waals surface area contributed by atoms with Crippen LogP contribution >= 0.6 is 15.9 Å². The van der Waals surface area contributed by atoms with Crippen molar-refractivity contribution in [3.63, 3.8) is 0 Å². The molecule has 0 saturated carbocycles. The summed E-state index contributed by atoms with van der Waals surface area (Å²) in [5, 5.41) is 35.4. The van der Waals surface area contributed by atoms with E-state index in [-0.39, 0.29) is 40.3 Å². The lowest BCUT2D eigenvalue weighted by Crippen LogP contribution is -2.09. The second-order valence-corrected chi connectivity index (χ2v) is 7.63. The molecule has 0 bridgehead atoms. The molecule has 0 aromatic heterocycles. The average Bonchev–Trinajstić information content (AvgIpc) is 3.10. The number of nitro benzene ring substituents is 2. The third-order valence-electron chi connectivity index (χ3n) is 4.96. The molecule has 0 heterocycles. The number of hydrogen-bond donors (Lipinski definition) is 1. The Hall–Kier alpha value is -4.12. The van der Waals surface area contributed by atoms with Gasteiger partial charge in [-0.05, 0) is 17.7 Å². The van der Waals surface area contributed by atoms with Crippen LogP contribution in [-0.4, -0.2) is 26.7 Å². The lowest BCUT2D eigenvalue weighted by atomic mass is 9.98. The summed E-state index contributed by atoms with van der Waals surface area (Å²) >= 11 is 3.36. The van der Waals surface area contributed by atoms with Crippen LogP contribution in [0.5, 0.6) is 0 Å². The number of fused-ring (bicyclic) bond motifs is 3. The molecule has 0 atom stereocenters. The fourth-order valence-corrected chi connectivity index (χ4v) is 3.92. The van der Waals surface area contributed by atoms with Crippen molar-refractivity contribution in [1.29, 1.82) is 0 Å². The standard InChI is InChI=1S/C21H12BrN3O7/c22-18-4-2-1-3-11(18)10-32-21(26)17-9-13(25(30)31)8-16-19(17)14-6-5-12(24(28)29)7-15(14)20(16)23-27/h1-9,27H,10H2/b23-20-. The van der Waals surface area contributed by atoms with E-state index in [4.69, 9.17) is 4.74 Å². The van der Waals surface area contributed by atoms with Crippen molar-refractivity contribution in [3.8, 4) is 11.1 Å². The second-order valence-electron chi connectivity index (χ2n) is 6.78. The van der Waals surface area contributed by atoms with Gasteiger partial charge in [-0.2, -0.15) is 0 Å². The first-order valence-electron chi connectivity index (χ1n) is 9.06. The summed E-state index contributed by atoms with van der Waals surface area (Å²) in [6.07, 6.45) is 0. The fourth-order valence-electron chi connectivity index (χ4n) is 3.52. The molecule has 1 aliphatic rings. The number of hydrogen-bond acceptors (Lipinski definition) is 8. The molecule has 0 spiro atoms. The van der Waals surface area contributed by atoms with Crippen LogP contribution in [0.1, 0.15) is 27.0 Å². The van der Waals surface area contributed by atoms with Gasteiger partial charge in [0.05, 0.1) is 15.4 Å². The zero-order chi connectivity index (χ0) is 23.0. The smallest absolute Gasteiger partial charge is 0.339 e. The second kappa shape index (κ2) is 8.19. The number of nitro groups is 2. The molecule has 3 aromatic carbocycles. The lowest BCUT2D eigenvalue weighted by molar-refractivity contribution is -0.385.